The number of carbonyl (C=O) groups excluding carboxylic acids is 1. The zero-order chi connectivity index (χ0) is 12.3. The van der Waals surface area contributed by atoms with E-state index in [1.165, 1.54) is 6.40 Å². The van der Waals surface area contributed by atoms with Crippen LogP contribution < -0.4 is 0 Å². The minimum Gasteiger partial charge on any atom is -0.473 e. The van der Waals surface area contributed by atoms with Gasteiger partial charge < -0.3 is 9.47 Å². The molecule has 0 spiro atoms. The number of esters is 1. The molecule has 0 amide bonds. The first kappa shape index (κ1) is 11.9. The van der Waals surface area contributed by atoms with Gasteiger partial charge in [-0.3, -0.25) is 0 Å². The topological polar surface area (TPSA) is 47.9 Å². The minimum absolute atomic E-state index is 0.320. The quantitative estimate of drug-likeness (QED) is 0.777. The van der Waals surface area contributed by atoms with E-state index in [4.69, 9.17) is 21.1 Å². The van der Waals surface area contributed by atoms with Crippen LogP contribution in [0.5, 0.6) is 0 Å². The highest BCUT2D eigenvalue weighted by molar-refractivity contribution is 6.31. The van der Waals surface area contributed by atoms with E-state index in [9.17, 15) is 4.79 Å². The molecule has 1 heterocycles. The molecule has 2 rings (SSSR count). The number of hydrogen-bond donors (Lipinski definition) is 0. The van der Waals surface area contributed by atoms with Crippen molar-refractivity contribution in [1.82, 2.24) is 0 Å². The third-order valence-corrected chi connectivity index (χ3v) is 2.80. The summed E-state index contributed by atoms with van der Waals surface area (Å²) in [5, 5.41) is 0.553. The number of ether oxygens (including phenoxy) is 2. The van der Waals surface area contributed by atoms with Crippen molar-refractivity contribution in [3.05, 3.63) is 34.9 Å². The fourth-order valence-corrected chi connectivity index (χ4v) is 1.92. The number of aliphatic imine (C=N–C) groups is 1. The van der Waals surface area contributed by atoms with Crippen LogP contribution in [0.3, 0.4) is 0 Å². The van der Waals surface area contributed by atoms with Crippen LogP contribution in [0, 0.1) is 0 Å². The smallest absolute Gasteiger partial charge is 0.335 e. The van der Waals surface area contributed by atoms with Gasteiger partial charge in [0.15, 0.2) is 18.5 Å². The van der Waals surface area contributed by atoms with Crippen molar-refractivity contribution >= 4 is 24.0 Å². The van der Waals surface area contributed by atoms with Crippen LogP contribution in [0.25, 0.3) is 0 Å². The van der Waals surface area contributed by atoms with Gasteiger partial charge in [-0.05, 0) is 13.0 Å². The van der Waals surface area contributed by atoms with Crippen molar-refractivity contribution in [2.45, 2.75) is 19.1 Å². The molecule has 90 valence electrons. The maximum Gasteiger partial charge on any atom is 0.335 e. The van der Waals surface area contributed by atoms with Crippen molar-refractivity contribution in [3.8, 4) is 0 Å². The lowest BCUT2D eigenvalue weighted by Gasteiger charge is -2.17. The number of rotatable bonds is 3. The molecule has 2 atom stereocenters. The van der Waals surface area contributed by atoms with E-state index >= 15 is 0 Å². The monoisotopic (exact) mass is 253 g/mol. The number of hydrogen-bond acceptors (Lipinski definition) is 4. The van der Waals surface area contributed by atoms with Crippen LogP contribution in [0.2, 0.25) is 5.02 Å². The van der Waals surface area contributed by atoms with E-state index in [0.29, 0.717) is 11.6 Å². The summed E-state index contributed by atoms with van der Waals surface area (Å²) in [6.07, 6.45) is 0.776. The van der Waals surface area contributed by atoms with E-state index < -0.39 is 18.1 Å². The number of benzene rings is 1. The average Bonchev–Trinajstić information content (AvgIpc) is 2.79. The fraction of sp³-hybridized carbons (Fsp3) is 0.333. The Balaban J connectivity index is 2.22. The Bertz CT molecular complexity index is 447. The first-order valence-corrected chi connectivity index (χ1v) is 5.70. The molecule has 5 heteroatoms. The molecule has 1 aliphatic heterocycles. The Morgan fingerprint density at radius 2 is 2.29 bits per heavy atom. The third kappa shape index (κ3) is 2.42. The largest absolute Gasteiger partial charge is 0.473 e. The van der Waals surface area contributed by atoms with Crippen LogP contribution in [0.1, 0.15) is 18.6 Å². The Hall–Kier alpha value is -1.55. The van der Waals surface area contributed by atoms with Crippen molar-refractivity contribution in [1.29, 1.82) is 0 Å². The fourth-order valence-electron chi connectivity index (χ4n) is 1.68. The lowest BCUT2D eigenvalue weighted by atomic mass is 10.0. The summed E-state index contributed by atoms with van der Waals surface area (Å²) >= 11 is 6.06. The van der Waals surface area contributed by atoms with Crippen molar-refractivity contribution in [2.24, 2.45) is 4.99 Å². The summed E-state index contributed by atoms with van der Waals surface area (Å²) in [5.74, 6) is -0.397. The molecule has 0 saturated heterocycles. The van der Waals surface area contributed by atoms with E-state index in [2.05, 4.69) is 4.99 Å². The van der Waals surface area contributed by atoms with Crippen LogP contribution in [-0.2, 0) is 14.3 Å². The van der Waals surface area contributed by atoms with Crippen molar-refractivity contribution in [2.75, 3.05) is 6.61 Å². The SMILES string of the molecule is CCOC(=O)C1N=COC1c1ccccc1Cl. The summed E-state index contributed by atoms with van der Waals surface area (Å²) in [5.41, 5.74) is 0.740. The molecule has 0 aliphatic carbocycles. The second kappa shape index (κ2) is 5.19. The average molecular weight is 254 g/mol. The van der Waals surface area contributed by atoms with E-state index in [1.807, 2.05) is 18.2 Å². The number of halogens is 1. The van der Waals surface area contributed by atoms with Gasteiger partial charge in [-0.1, -0.05) is 29.8 Å². The Morgan fingerprint density at radius 3 is 3.00 bits per heavy atom. The number of carbonyl (C=O) groups is 1. The second-order valence-electron chi connectivity index (χ2n) is 3.53. The molecular formula is C12H12ClNO3. The number of nitrogens with zero attached hydrogens (tertiary/aromatic N) is 1. The van der Waals surface area contributed by atoms with Gasteiger partial charge in [-0.2, -0.15) is 0 Å². The standard InChI is InChI=1S/C12H12ClNO3/c1-2-16-12(15)10-11(17-7-14-10)8-5-3-4-6-9(8)13/h3-7,10-11H,2H2,1H3. The van der Waals surface area contributed by atoms with Gasteiger partial charge in [-0.25, -0.2) is 9.79 Å². The molecule has 0 aromatic heterocycles. The van der Waals surface area contributed by atoms with Gasteiger partial charge in [0.1, 0.15) is 0 Å². The Kier molecular flexibility index (Phi) is 3.64. The summed E-state index contributed by atoms with van der Waals surface area (Å²) in [6.45, 7) is 2.07. The minimum atomic E-state index is -0.671. The highest BCUT2D eigenvalue weighted by atomic mass is 35.5. The molecule has 0 N–H and O–H groups in total. The van der Waals surface area contributed by atoms with E-state index in [-0.39, 0.29) is 0 Å². The molecule has 1 aliphatic rings. The van der Waals surface area contributed by atoms with Gasteiger partial charge in [-0.15, -0.1) is 0 Å². The first-order chi connectivity index (χ1) is 8.24. The third-order valence-electron chi connectivity index (χ3n) is 2.46. The summed E-state index contributed by atoms with van der Waals surface area (Å²) in [7, 11) is 0. The summed E-state index contributed by atoms with van der Waals surface area (Å²) < 4.78 is 10.3. The second-order valence-corrected chi connectivity index (χ2v) is 3.94. The van der Waals surface area contributed by atoms with E-state index in [0.717, 1.165) is 5.56 Å². The van der Waals surface area contributed by atoms with Crippen LogP contribution >= 0.6 is 11.6 Å². The van der Waals surface area contributed by atoms with Gasteiger partial charge in [0.2, 0.25) is 0 Å². The highest BCUT2D eigenvalue weighted by Crippen LogP contribution is 2.32. The molecule has 4 nitrogen and oxygen atoms in total. The maximum absolute atomic E-state index is 11.7. The molecule has 0 fully saturated rings. The van der Waals surface area contributed by atoms with Gasteiger partial charge in [0, 0.05) is 10.6 Å². The summed E-state index contributed by atoms with van der Waals surface area (Å²) in [6, 6.07) is 6.55. The van der Waals surface area contributed by atoms with Crippen LogP contribution in [0.4, 0.5) is 0 Å². The van der Waals surface area contributed by atoms with Gasteiger partial charge in [0.05, 0.1) is 6.61 Å². The maximum atomic E-state index is 11.7. The predicted octanol–water partition coefficient (Wildman–Crippen LogP) is 2.37. The normalized spacial score (nSPS) is 22.2. The molecule has 1 aromatic rings. The van der Waals surface area contributed by atoms with Crippen molar-refractivity contribution < 1.29 is 14.3 Å². The van der Waals surface area contributed by atoms with Gasteiger partial charge in [0.25, 0.3) is 0 Å². The van der Waals surface area contributed by atoms with Crippen LogP contribution in [0.15, 0.2) is 29.3 Å². The lowest BCUT2D eigenvalue weighted by molar-refractivity contribution is -0.146. The zero-order valence-corrected chi connectivity index (χ0v) is 10.1. The highest BCUT2D eigenvalue weighted by Gasteiger charge is 2.36. The Labute approximate surface area is 104 Å². The molecule has 17 heavy (non-hydrogen) atoms. The zero-order valence-electron chi connectivity index (χ0n) is 9.30. The molecule has 0 saturated carbocycles. The summed E-state index contributed by atoms with van der Waals surface area (Å²) in [4.78, 5) is 15.7. The van der Waals surface area contributed by atoms with Crippen LogP contribution in [-0.4, -0.2) is 25.0 Å². The van der Waals surface area contributed by atoms with Crippen molar-refractivity contribution in [3.63, 3.8) is 0 Å². The molecular weight excluding hydrogens is 242 g/mol. The first-order valence-electron chi connectivity index (χ1n) is 5.32. The molecule has 0 bridgehead atoms. The van der Waals surface area contributed by atoms with Gasteiger partial charge >= 0.3 is 5.97 Å². The molecule has 0 radical (unpaired) electrons. The molecule has 2 unspecified atom stereocenters. The van der Waals surface area contributed by atoms with E-state index in [1.54, 1.807) is 13.0 Å². The predicted molar refractivity (Wildman–Crippen MR) is 64.2 cm³/mol. The Morgan fingerprint density at radius 1 is 1.53 bits per heavy atom. The lowest BCUT2D eigenvalue weighted by Crippen LogP contribution is -2.26. The molecule has 1 aromatic carbocycles.